The van der Waals surface area contributed by atoms with Gasteiger partial charge in [-0.3, -0.25) is 0 Å². The molecule has 26 heavy (non-hydrogen) atoms. The molecule has 4 nitrogen and oxygen atoms in total. The first-order valence-electron chi connectivity index (χ1n) is 8.72. The lowest BCUT2D eigenvalue weighted by atomic mass is 10.1. The van der Waals surface area contributed by atoms with Crippen molar-refractivity contribution in [2.24, 2.45) is 0 Å². The van der Waals surface area contributed by atoms with Crippen LogP contribution in [-0.2, 0) is 13.0 Å². The van der Waals surface area contributed by atoms with Crippen molar-refractivity contribution < 1.29 is 0 Å². The highest BCUT2D eigenvalue weighted by molar-refractivity contribution is 6.30. The summed E-state index contributed by atoms with van der Waals surface area (Å²) in [5, 5.41) is 7.45. The van der Waals surface area contributed by atoms with Gasteiger partial charge in [0.2, 0.25) is 5.95 Å². The molecule has 2 aromatic carbocycles. The second kappa shape index (κ2) is 8.68. The van der Waals surface area contributed by atoms with Gasteiger partial charge in [0.05, 0.1) is 0 Å². The van der Waals surface area contributed by atoms with E-state index >= 15 is 0 Å². The number of benzene rings is 2. The maximum atomic E-state index is 6.03. The highest BCUT2D eigenvalue weighted by atomic mass is 35.5. The largest absolute Gasteiger partial charge is 0.370 e. The molecule has 1 heterocycles. The molecular weight excluding hydrogens is 344 g/mol. The molecule has 134 valence electrons. The summed E-state index contributed by atoms with van der Waals surface area (Å²) >= 11 is 6.03. The fourth-order valence-electron chi connectivity index (χ4n) is 2.75. The molecule has 0 aliphatic carbocycles. The number of hydrogen-bond acceptors (Lipinski definition) is 4. The molecule has 0 atom stereocenters. The minimum Gasteiger partial charge on any atom is -0.370 e. The van der Waals surface area contributed by atoms with Gasteiger partial charge in [-0.1, -0.05) is 48.0 Å². The van der Waals surface area contributed by atoms with Gasteiger partial charge in [-0.2, -0.15) is 4.98 Å². The predicted molar refractivity (Wildman–Crippen MR) is 109 cm³/mol. The van der Waals surface area contributed by atoms with Crippen LogP contribution in [0.2, 0.25) is 5.02 Å². The zero-order chi connectivity index (χ0) is 18.4. The van der Waals surface area contributed by atoms with Crippen LogP contribution >= 0.6 is 11.6 Å². The van der Waals surface area contributed by atoms with Crippen LogP contribution in [0.1, 0.15) is 22.4 Å². The summed E-state index contributed by atoms with van der Waals surface area (Å²) in [5.41, 5.74) is 4.63. The first kappa shape index (κ1) is 18.2. The quantitative estimate of drug-likeness (QED) is 0.616. The van der Waals surface area contributed by atoms with E-state index in [2.05, 4.69) is 45.7 Å². The number of aryl methyl sites for hydroxylation is 2. The van der Waals surface area contributed by atoms with Crippen molar-refractivity contribution >= 4 is 23.4 Å². The molecule has 5 heteroatoms. The molecular formula is C21H23ClN4. The van der Waals surface area contributed by atoms with Gasteiger partial charge in [0.15, 0.2) is 0 Å². The summed E-state index contributed by atoms with van der Waals surface area (Å²) in [6.45, 7) is 5.58. The standard InChI is InChI=1S/C21H23ClN4/c1-15-6-3-4-8-18(15)14-24-21-25-16(2)12-20(26-21)23-11-10-17-7-5-9-19(22)13-17/h3-9,12-13H,10-11,14H2,1-2H3,(H2,23,24,25,26). The minimum atomic E-state index is 0.638. The third-order valence-electron chi connectivity index (χ3n) is 4.16. The van der Waals surface area contributed by atoms with Crippen molar-refractivity contribution in [1.82, 2.24) is 9.97 Å². The first-order valence-corrected chi connectivity index (χ1v) is 9.10. The van der Waals surface area contributed by atoms with E-state index in [9.17, 15) is 0 Å². The SMILES string of the molecule is Cc1cc(NCCc2cccc(Cl)c2)nc(NCc2ccccc2C)n1. The first-order chi connectivity index (χ1) is 12.6. The Bertz CT molecular complexity index is 879. The van der Waals surface area contributed by atoms with Crippen molar-refractivity contribution in [2.45, 2.75) is 26.8 Å². The van der Waals surface area contributed by atoms with Gasteiger partial charge in [-0.15, -0.1) is 0 Å². The number of rotatable bonds is 7. The smallest absolute Gasteiger partial charge is 0.225 e. The maximum absolute atomic E-state index is 6.03. The molecule has 0 radical (unpaired) electrons. The van der Waals surface area contributed by atoms with Crippen LogP contribution in [0.5, 0.6) is 0 Å². The molecule has 1 aromatic heterocycles. The van der Waals surface area contributed by atoms with Crippen LogP contribution < -0.4 is 10.6 Å². The highest BCUT2D eigenvalue weighted by Crippen LogP contribution is 2.14. The summed E-state index contributed by atoms with van der Waals surface area (Å²) in [6.07, 6.45) is 0.885. The van der Waals surface area contributed by atoms with Crippen LogP contribution in [0.4, 0.5) is 11.8 Å². The van der Waals surface area contributed by atoms with E-state index in [1.54, 1.807) is 0 Å². The molecule has 0 fully saturated rings. The van der Waals surface area contributed by atoms with E-state index < -0.39 is 0 Å². The van der Waals surface area contributed by atoms with Crippen LogP contribution in [0.25, 0.3) is 0 Å². The number of halogens is 1. The van der Waals surface area contributed by atoms with Crippen LogP contribution in [0.3, 0.4) is 0 Å². The number of nitrogens with zero attached hydrogens (tertiary/aromatic N) is 2. The lowest BCUT2D eigenvalue weighted by Crippen LogP contribution is -2.10. The van der Waals surface area contributed by atoms with E-state index in [0.29, 0.717) is 12.5 Å². The minimum absolute atomic E-state index is 0.638. The van der Waals surface area contributed by atoms with Crippen molar-refractivity contribution in [3.63, 3.8) is 0 Å². The molecule has 0 spiro atoms. The third-order valence-corrected chi connectivity index (χ3v) is 4.40. The average molecular weight is 367 g/mol. The zero-order valence-corrected chi connectivity index (χ0v) is 15.8. The Balaban J connectivity index is 1.59. The summed E-state index contributed by atoms with van der Waals surface area (Å²) in [4.78, 5) is 9.04. The van der Waals surface area contributed by atoms with Gasteiger partial charge in [-0.25, -0.2) is 4.98 Å². The van der Waals surface area contributed by atoms with Crippen LogP contribution in [-0.4, -0.2) is 16.5 Å². The Morgan fingerprint density at radius 2 is 1.77 bits per heavy atom. The van der Waals surface area contributed by atoms with E-state index in [4.69, 9.17) is 11.6 Å². The molecule has 3 rings (SSSR count). The lowest BCUT2D eigenvalue weighted by molar-refractivity contribution is 0.980. The van der Waals surface area contributed by atoms with Gasteiger partial charge in [0.25, 0.3) is 0 Å². The number of hydrogen-bond donors (Lipinski definition) is 2. The van der Waals surface area contributed by atoms with Crippen LogP contribution in [0, 0.1) is 13.8 Å². The Morgan fingerprint density at radius 1 is 0.923 bits per heavy atom. The molecule has 0 aliphatic rings. The molecule has 0 amide bonds. The number of nitrogens with one attached hydrogen (secondary N) is 2. The molecule has 0 aliphatic heterocycles. The number of aromatic nitrogens is 2. The van der Waals surface area contributed by atoms with Crippen molar-refractivity contribution in [2.75, 3.05) is 17.2 Å². The third kappa shape index (κ3) is 5.20. The Kier molecular flexibility index (Phi) is 6.08. The zero-order valence-electron chi connectivity index (χ0n) is 15.1. The van der Waals surface area contributed by atoms with Crippen molar-refractivity contribution in [3.8, 4) is 0 Å². The Morgan fingerprint density at radius 3 is 2.58 bits per heavy atom. The van der Waals surface area contributed by atoms with E-state index in [-0.39, 0.29) is 0 Å². The van der Waals surface area contributed by atoms with Gasteiger partial charge < -0.3 is 10.6 Å². The van der Waals surface area contributed by atoms with Crippen molar-refractivity contribution in [1.29, 1.82) is 0 Å². The second-order valence-corrected chi connectivity index (χ2v) is 6.74. The molecule has 0 saturated carbocycles. The molecule has 0 bridgehead atoms. The normalized spacial score (nSPS) is 10.6. The monoisotopic (exact) mass is 366 g/mol. The fourth-order valence-corrected chi connectivity index (χ4v) is 2.96. The Labute approximate surface area is 159 Å². The summed E-state index contributed by atoms with van der Waals surface area (Å²) < 4.78 is 0. The van der Waals surface area contributed by atoms with Crippen LogP contribution in [0.15, 0.2) is 54.6 Å². The number of anilines is 2. The molecule has 2 N–H and O–H groups in total. The Hall–Kier alpha value is -2.59. The predicted octanol–water partition coefficient (Wildman–Crippen LogP) is 5.01. The average Bonchev–Trinajstić information content (AvgIpc) is 2.61. The van der Waals surface area contributed by atoms with Gasteiger partial charge in [0.1, 0.15) is 5.82 Å². The van der Waals surface area contributed by atoms with Gasteiger partial charge in [0, 0.05) is 29.9 Å². The maximum Gasteiger partial charge on any atom is 0.225 e. The summed E-state index contributed by atoms with van der Waals surface area (Å²) in [5.74, 6) is 1.46. The van der Waals surface area contributed by atoms with Gasteiger partial charge in [-0.05, 0) is 49.1 Å². The fraction of sp³-hybridized carbons (Fsp3) is 0.238. The molecule has 0 unspecified atom stereocenters. The highest BCUT2D eigenvalue weighted by Gasteiger charge is 2.04. The molecule has 3 aromatic rings. The lowest BCUT2D eigenvalue weighted by Gasteiger charge is -2.11. The van der Waals surface area contributed by atoms with E-state index in [1.807, 2.05) is 43.3 Å². The molecule has 0 saturated heterocycles. The van der Waals surface area contributed by atoms with E-state index in [0.717, 1.165) is 29.5 Å². The second-order valence-electron chi connectivity index (χ2n) is 6.30. The summed E-state index contributed by atoms with van der Waals surface area (Å²) in [6, 6.07) is 18.2. The summed E-state index contributed by atoms with van der Waals surface area (Å²) in [7, 11) is 0. The van der Waals surface area contributed by atoms with E-state index in [1.165, 1.54) is 16.7 Å². The van der Waals surface area contributed by atoms with Gasteiger partial charge >= 0.3 is 0 Å². The topological polar surface area (TPSA) is 49.8 Å². The van der Waals surface area contributed by atoms with Crippen molar-refractivity contribution in [3.05, 3.63) is 82.0 Å².